The molecule has 8 heteroatoms. The van der Waals surface area contributed by atoms with Crippen LogP contribution in [0.3, 0.4) is 0 Å². The molecule has 7 nitrogen and oxygen atoms in total. The first-order valence-corrected chi connectivity index (χ1v) is 5.48. The van der Waals surface area contributed by atoms with E-state index in [-0.39, 0.29) is 18.0 Å². The van der Waals surface area contributed by atoms with Gasteiger partial charge in [0.25, 0.3) is 5.91 Å². The maximum atomic E-state index is 11.2. The molecule has 0 radical (unpaired) electrons. The number of nitrogens with zero attached hydrogens (tertiary/aromatic N) is 1. The maximum absolute atomic E-state index is 11.2. The average molecular weight is 218 g/mol. The molecule has 14 heavy (non-hydrogen) atoms. The first-order chi connectivity index (χ1) is 6.49. The normalized spacial score (nSPS) is 11.2. The molecule has 0 saturated carbocycles. The zero-order chi connectivity index (χ0) is 10.6. The molecule has 1 heterocycles. The van der Waals surface area contributed by atoms with Gasteiger partial charge in [0.2, 0.25) is 10.0 Å². The second-order valence-electron chi connectivity index (χ2n) is 2.59. The van der Waals surface area contributed by atoms with Crippen molar-refractivity contribution >= 4 is 15.9 Å². The highest BCUT2D eigenvalue weighted by molar-refractivity contribution is 7.89. The molecule has 4 N–H and O–H groups in total. The maximum Gasteiger partial charge on any atom is 0.269 e. The van der Waals surface area contributed by atoms with E-state index in [0.717, 1.165) is 0 Å². The summed E-state index contributed by atoms with van der Waals surface area (Å²) in [6, 6.07) is 1.48. The number of sulfonamides is 1. The predicted molar refractivity (Wildman–Crippen MR) is 48.9 cm³/mol. The third kappa shape index (κ3) is 3.54. The van der Waals surface area contributed by atoms with Crippen LogP contribution in [0.15, 0.2) is 12.3 Å². The number of aromatic amines is 1. The molecule has 1 rings (SSSR count). The Morgan fingerprint density at radius 3 is 2.86 bits per heavy atom. The van der Waals surface area contributed by atoms with Crippen molar-refractivity contribution in [1.82, 2.24) is 15.5 Å². The van der Waals surface area contributed by atoms with Crippen molar-refractivity contribution in [3.05, 3.63) is 18.0 Å². The van der Waals surface area contributed by atoms with Crippen molar-refractivity contribution in [2.24, 2.45) is 5.14 Å². The van der Waals surface area contributed by atoms with Gasteiger partial charge in [0.05, 0.1) is 5.75 Å². The van der Waals surface area contributed by atoms with E-state index in [1.54, 1.807) is 0 Å². The number of aromatic nitrogens is 2. The van der Waals surface area contributed by atoms with E-state index in [1.807, 2.05) is 0 Å². The van der Waals surface area contributed by atoms with E-state index in [1.165, 1.54) is 12.3 Å². The lowest BCUT2D eigenvalue weighted by molar-refractivity contribution is 0.0951. The van der Waals surface area contributed by atoms with Crippen LogP contribution in [0.2, 0.25) is 0 Å². The Labute approximate surface area is 80.7 Å². The molecule has 0 saturated heterocycles. The van der Waals surface area contributed by atoms with E-state index in [9.17, 15) is 13.2 Å². The van der Waals surface area contributed by atoms with Crippen LogP contribution >= 0.6 is 0 Å². The van der Waals surface area contributed by atoms with Gasteiger partial charge in [-0.3, -0.25) is 9.89 Å². The number of carbonyl (C=O) groups excluding carboxylic acids is 1. The molecule has 1 aromatic rings. The summed E-state index contributed by atoms with van der Waals surface area (Å²) in [4.78, 5) is 11.2. The molecule has 0 aromatic carbocycles. The summed E-state index contributed by atoms with van der Waals surface area (Å²) in [6.45, 7) is -0.0172. The number of hydrogen-bond donors (Lipinski definition) is 3. The van der Waals surface area contributed by atoms with E-state index in [4.69, 9.17) is 5.14 Å². The molecule has 0 aliphatic rings. The Morgan fingerprint density at radius 1 is 1.64 bits per heavy atom. The van der Waals surface area contributed by atoms with Crippen LogP contribution in [0.1, 0.15) is 10.5 Å². The zero-order valence-electron chi connectivity index (χ0n) is 7.23. The highest BCUT2D eigenvalue weighted by Gasteiger charge is 2.07. The molecular formula is C6H10N4O3S. The smallest absolute Gasteiger partial charge is 0.269 e. The Bertz CT molecular complexity index is 397. The van der Waals surface area contributed by atoms with Crippen molar-refractivity contribution in [2.45, 2.75) is 0 Å². The molecule has 0 atom stereocenters. The second kappa shape index (κ2) is 4.20. The molecule has 78 valence electrons. The molecule has 1 amide bonds. The summed E-state index contributed by atoms with van der Waals surface area (Å²) in [5, 5.41) is 13.1. The topological polar surface area (TPSA) is 118 Å². The third-order valence-corrected chi connectivity index (χ3v) is 2.19. The lowest BCUT2D eigenvalue weighted by Gasteiger charge is -2.01. The molecular weight excluding hydrogens is 208 g/mol. The Morgan fingerprint density at radius 2 is 2.36 bits per heavy atom. The number of H-pyrrole nitrogens is 1. The van der Waals surface area contributed by atoms with Crippen LogP contribution in [0, 0.1) is 0 Å². The van der Waals surface area contributed by atoms with Gasteiger partial charge in [-0.25, -0.2) is 13.6 Å². The van der Waals surface area contributed by atoms with Gasteiger partial charge in [-0.1, -0.05) is 0 Å². The number of hydrogen-bond acceptors (Lipinski definition) is 4. The molecule has 0 aliphatic heterocycles. The number of nitrogens with two attached hydrogens (primary N) is 1. The van der Waals surface area contributed by atoms with E-state index >= 15 is 0 Å². The van der Waals surface area contributed by atoms with Crippen LogP contribution in [-0.4, -0.2) is 36.8 Å². The first kappa shape index (κ1) is 10.7. The quantitative estimate of drug-likeness (QED) is 0.565. The molecule has 0 bridgehead atoms. The Hall–Kier alpha value is -1.41. The van der Waals surface area contributed by atoms with Gasteiger partial charge in [-0.05, 0) is 6.07 Å². The van der Waals surface area contributed by atoms with Crippen molar-refractivity contribution in [1.29, 1.82) is 0 Å². The summed E-state index contributed by atoms with van der Waals surface area (Å²) in [5.41, 5.74) is 0.277. The van der Waals surface area contributed by atoms with Crippen LogP contribution in [0.25, 0.3) is 0 Å². The SMILES string of the molecule is NS(=O)(=O)CCNC(=O)c1ccn[nH]1. The van der Waals surface area contributed by atoms with Gasteiger partial charge in [0, 0.05) is 12.7 Å². The third-order valence-electron chi connectivity index (χ3n) is 1.42. The van der Waals surface area contributed by atoms with Gasteiger partial charge in [-0.15, -0.1) is 0 Å². The van der Waals surface area contributed by atoms with Gasteiger partial charge in [-0.2, -0.15) is 5.10 Å². The average Bonchev–Trinajstić information content (AvgIpc) is 2.53. The van der Waals surface area contributed by atoms with Crippen LogP contribution in [0.4, 0.5) is 0 Å². The molecule has 1 aromatic heterocycles. The van der Waals surface area contributed by atoms with Crippen molar-refractivity contribution in [2.75, 3.05) is 12.3 Å². The zero-order valence-corrected chi connectivity index (χ0v) is 8.04. The lowest BCUT2D eigenvalue weighted by atomic mass is 10.4. The Kier molecular flexibility index (Phi) is 3.20. The minimum Gasteiger partial charge on any atom is -0.350 e. The summed E-state index contributed by atoms with van der Waals surface area (Å²) in [6.07, 6.45) is 1.43. The van der Waals surface area contributed by atoms with Crippen molar-refractivity contribution in [3.8, 4) is 0 Å². The molecule has 0 spiro atoms. The Balaban J connectivity index is 2.37. The van der Waals surface area contributed by atoms with Crippen LogP contribution in [-0.2, 0) is 10.0 Å². The van der Waals surface area contributed by atoms with Gasteiger partial charge in [0.15, 0.2) is 0 Å². The summed E-state index contributed by atoms with van der Waals surface area (Å²) in [5.74, 6) is -0.696. The summed E-state index contributed by atoms with van der Waals surface area (Å²) >= 11 is 0. The number of rotatable bonds is 4. The monoisotopic (exact) mass is 218 g/mol. The van der Waals surface area contributed by atoms with E-state index in [0.29, 0.717) is 0 Å². The summed E-state index contributed by atoms with van der Waals surface area (Å²) < 4.78 is 21.0. The van der Waals surface area contributed by atoms with Crippen LogP contribution in [0.5, 0.6) is 0 Å². The van der Waals surface area contributed by atoms with E-state index < -0.39 is 15.9 Å². The van der Waals surface area contributed by atoms with Gasteiger partial charge >= 0.3 is 0 Å². The fourth-order valence-corrected chi connectivity index (χ4v) is 1.17. The minimum atomic E-state index is -3.53. The van der Waals surface area contributed by atoms with Gasteiger partial charge < -0.3 is 5.32 Å². The second-order valence-corrected chi connectivity index (χ2v) is 4.33. The molecule has 0 fully saturated rings. The number of carbonyl (C=O) groups is 1. The highest BCUT2D eigenvalue weighted by Crippen LogP contribution is 1.90. The van der Waals surface area contributed by atoms with Crippen molar-refractivity contribution in [3.63, 3.8) is 0 Å². The summed E-state index contributed by atoms with van der Waals surface area (Å²) in [7, 11) is -3.53. The lowest BCUT2D eigenvalue weighted by Crippen LogP contribution is -2.31. The fraction of sp³-hybridized carbons (Fsp3) is 0.333. The van der Waals surface area contributed by atoms with E-state index in [2.05, 4.69) is 15.5 Å². The van der Waals surface area contributed by atoms with Crippen molar-refractivity contribution < 1.29 is 13.2 Å². The highest BCUT2D eigenvalue weighted by atomic mass is 32.2. The molecule has 0 aliphatic carbocycles. The fourth-order valence-electron chi connectivity index (χ4n) is 0.784. The predicted octanol–water partition coefficient (Wildman–Crippen LogP) is -1.57. The number of primary sulfonamides is 1. The first-order valence-electron chi connectivity index (χ1n) is 3.77. The number of nitrogens with one attached hydrogen (secondary N) is 2. The number of amides is 1. The minimum absolute atomic E-state index is 0.0172. The van der Waals surface area contributed by atoms with Crippen LogP contribution < -0.4 is 10.5 Å². The van der Waals surface area contributed by atoms with Gasteiger partial charge in [0.1, 0.15) is 5.69 Å². The standard InChI is InChI=1S/C6H10N4O3S/c7-14(12,13)4-3-8-6(11)5-1-2-9-10-5/h1-2H,3-4H2,(H,8,11)(H,9,10)(H2,7,12,13). The largest absolute Gasteiger partial charge is 0.350 e. The molecule has 0 unspecified atom stereocenters.